The number of fused-ring (bicyclic) bond motifs is 1. The summed E-state index contributed by atoms with van der Waals surface area (Å²) in [4.78, 5) is 16.1. The van der Waals surface area contributed by atoms with Crippen LogP contribution in [-0.4, -0.2) is 69.3 Å². The van der Waals surface area contributed by atoms with E-state index in [2.05, 4.69) is 14.9 Å². The van der Waals surface area contributed by atoms with Crippen molar-refractivity contribution in [1.82, 2.24) is 14.7 Å². The van der Waals surface area contributed by atoms with Gasteiger partial charge >= 0.3 is 5.97 Å². The first-order valence-electron chi connectivity index (χ1n) is 12.4. The number of carbonyl (C=O) groups is 1. The first-order chi connectivity index (χ1) is 17.7. The van der Waals surface area contributed by atoms with Gasteiger partial charge in [-0.3, -0.25) is 15.0 Å². The quantitative estimate of drug-likeness (QED) is 0.261. The van der Waals surface area contributed by atoms with Crippen LogP contribution in [0.25, 0.3) is 10.9 Å². The number of benzene rings is 2. The fourth-order valence-electron chi connectivity index (χ4n) is 4.97. The largest absolute Gasteiger partial charge is 0.512 e. The van der Waals surface area contributed by atoms with Gasteiger partial charge < -0.3 is 15.1 Å². The molecule has 1 saturated heterocycles. The van der Waals surface area contributed by atoms with Crippen LogP contribution < -0.4 is 4.90 Å². The zero-order valence-electron chi connectivity index (χ0n) is 20.5. The molecule has 2 aromatic carbocycles. The molecule has 10 heteroatoms. The summed E-state index contributed by atoms with van der Waals surface area (Å²) in [6.07, 6.45) is 2.42. The van der Waals surface area contributed by atoms with E-state index in [1.165, 1.54) is 0 Å². The zero-order valence-corrected chi connectivity index (χ0v) is 22.1. The maximum Gasteiger partial charge on any atom is 0.357 e. The number of nitrogens with zero attached hydrogens (tertiary/aromatic N) is 4. The minimum Gasteiger partial charge on any atom is -0.512 e. The topological polar surface area (TPSA) is 106 Å². The Labute approximate surface area is 225 Å². The Morgan fingerprint density at radius 3 is 2.38 bits per heavy atom. The van der Waals surface area contributed by atoms with Crippen molar-refractivity contribution >= 4 is 51.5 Å². The van der Waals surface area contributed by atoms with Crippen LogP contribution in [0.3, 0.4) is 0 Å². The van der Waals surface area contributed by atoms with Crippen LogP contribution in [0.4, 0.5) is 5.69 Å². The second kappa shape index (κ2) is 10.4. The first-order valence-corrected chi connectivity index (χ1v) is 13.1. The van der Waals surface area contributed by atoms with Crippen LogP contribution in [0.5, 0.6) is 0 Å². The molecule has 37 heavy (non-hydrogen) atoms. The van der Waals surface area contributed by atoms with E-state index in [4.69, 9.17) is 28.6 Å². The molecule has 2 heterocycles. The van der Waals surface area contributed by atoms with Crippen molar-refractivity contribution in [3.63, 3.8) is 0 Å². The molecule has 3 aromatic rings. The summed E-state index contributed by atoms with van der Waals surface area (Å²) in [5.74, 6) is -0.611. The number of aromatic carboxylic acids is 1. The summed E-state index contributed by atoms with van der Waals surface area (Å²) in [5, 5.41) is 34.7. The normalized spacial score (nSPS) is 17.2. The first kappa shape index (κ1) is 25.6. The molecule has 1 aromatic heterocycles. The molecule has 3 N–H and O–H groups in total. The minimum absolute atomic E-state index is 0.0656. The lowest BCUT2D eigenvalue weighted by atomic mass is 9.96. The monoisotopic (exact) mass is 541 g/mol. The van der Waals surface area contributed by atoms with Crippen molar-refractivity contribution in [3.05, 3.63) is 69.0 Å². The van der Waals surface area contributed by atoms with E-state index in [-0.39, 0.29) is 17.3 Å². The second-order valence-electron chi connectivity index (χ2n) is 9.67. The summed E-state index contributed by atoms with van der Waals surface area (Å²) in [6.45, 7) is 4.02. The molecule has 0 atom stereocenters. The Hall–Kier alpha value is -3.07. The molecule has 1 saturated carbocycles. The number of carboxylic acids is 1. The summed E-state index contributed by atoms with van der Waals surface area (Å²) in [5.41, 5.74) is 3.18. The number of rotatable bonds is 8. The number of hydrogen-bond acceptors (Lipinski definition) is 6. The maximum atomic E-state index is 11.5. The van der Waals surface area contributed by atoms with E-state index >= 15 is 0 Å². The number of aliphatic hydroxyl groups is 1. The van der Waals surface area contributed by atoms with E-state index in [1.54, 1.807) is 29.9 Å². The summed E-state index contributed by atoms with van der Waals surface area (Å²) in [7, 11) is 1.76. The highest BCUT2D eigenvalue weighted by molar-refractivity contribution is 6.41. The average Bonchev–Trinajstić information content (AvgIpc) is 3.67. The number of aliphatic hydroxyl groups excluding tert-OH is 1. The number of piperazine rings is 1. The summed E-state index contributed by atoms with van der Waals surface area (Å²) in [6, 6.07) is 11.0. The number of nitrogens with one attached hydrogen (secondary N) is 1. The lowest BCUT2D eigenvalue weighted by Gasteiger charge is -2.36. The van der Waals surface area contributed by atoms with E-state index in [9.17, 15) is 15.0 Å². The maximum absolute atomic E-state index is 11.5. The molecule has 194 valence electrons. The minimum atomic E-state index is -1.03. The zero-order chi connectivity index (χ0) is 26.3. The molecule has 5 rings (SSSR count). The van der Waals surface area contributed by atoms with Gasteiger partial charge in [0.2, 0.25) is 0 Å². The number of halogens is 2. The van der Waals surface area contributed by atoms with Crippen molar-refractivity contribution in [3.8, 4) is 0 Å². The van der Waals surface area contributed by atoms with Gasteiger partial charge in [-0.2, -0.15) is 5.10 Å². The fraction of sp³-hybridized carbons (Fsp3) is 0.370. The Bertz CT molecular complexity index is 1380. The number of allylic oxidation sites excluding steroid dienone is 1. The van der Waals surface area contributed by atoms with Crippen LogP contribution in [0.15, 0.2) is 47.7 Å². The number of anilines is 1. The third-order valence-electron chi connectivity index (χ3n) is 7.24. The van der Waals surface area contributed by atoms with E-state index < -0.39 is 5.97 Å². The number of aromatic nitrogens is 2. The number of hydrogen-bond donors (Lipinski definition) is 3. The number of carboxylic acid groups (broad SMARTS) is 1. The Morgan fingerprint density at radius 1 is 1.08 bits per heavy atom. The highest BCUT2D eigenvalue weighted by Crippen LogP contribution is 2.39. The van der Waals surface area contributed by atoms with Crippen LogP contribution in [0.2, 0.25) is 10.0 Å². The smallest absolute Gasteiger partial charge is 0.357 e. The Morgan fingerprint density at radius 2 is 1.76 bits per heavy atom. The predicted octanol–water partition coefficient (Wildman–Crippen LogP) is 5.38. The fourth-order valence-corrected chi connectivity index (χ4v) is 5.56. The molecule has 0 spiro atoms. The molecule has 0 amide bonds. The van der Waals surface area contributed by atoms with Crippen LogP contribution >= 0.6 is 23.2 Å². The highest BCUT2D eigenvalue weighted by atomic mass is 35.5. The molecular formula is C27H29Cl2N5O3. The summed E-state index contributed by atoms with van der Waals surface area (Å²) < 4.78 is 1.61. The van der Waals surface area contributed by atoms with Crippen molar-refractivity contribution in [1.29, 1.82) is 5.41 Å². The Balaban J connectivity index is 1.26. The van der Waals surface area contributed by atoms with Gasteiger partial charge in [-0.05, 0) is 49.6 Å². The lowest BCUT2D eigenvalue weighted by Crippen LogP contribution is -2.46. The van der Waals surface area contributed by atoms with E-state index in [0.29, 0.717) is 45.3 Å². The van der Waals surface area contributed by atoms with Crippen LogP contribution in [-0.2, 0) is 7.05 Å². The van der Waals surface area contributed by atoms with Gasteiger partial charge in [-0.1, -0.05) is 29.3 Å². The van der Waals surface area contributed by atoms with Crippen molar-refractivity contribution in [2.24, 2.45) is 13.0 Å². The standard InChI is InChI=1S/C27H29Cl2N5O3/c1-32-22-15-17(7-8-18(22)25(31-32)27(36)37)34-13-11-33(12-14-34)10-9-19(26(35)16-5-6-16)24(30)23-20(28)3-2-4-21(23)29/h2-4,7-8,15-16,30,35H,5-6,9-14H2,1H3,(H,36,37)/b26-19-,30-24?. The van der Waals surface area contributed by atoms with Gasteiger partial charge in [-0.15, -0.1) is 0 Å². The molecule has 0 radical (unpaired) electrons. The molecule has 1 aliphatic carbocycles. The van der Waals surface area contributed by atoms with Gasteiger partial charge in [0, 0.05) is 67.9 Å². The van der Waals surface area contributed by atoms with Gasteiger partial charge in [0.25, 0.3) is 0 Å². The van der Waals surface area contributed by atoms with Gasteiger partial charge in [-0.25, -0.2) is 4.79 Å². The molecule has 2 fully saturated rings. The van der Waals surface area contributed by atoms with Crippen LogP contribution in [0, 0.1) is 11.3 Å². The van der Waals surface area contributed by atoms with Crippen LogP contribution in [0.1, 0.15) is 35.3 Å². The van der Waals surface area contributed by atoms with Crippen molar-refractivity contribution < 1.29 is 15.0 Å². The Kier molecular flexibility index (Phi) is 7.16. The third kappa shape index (κ3) is 5.19. The predicted molar refractivity (Wildman–Crippen MR) is 147 cm³/mol. The molecular weight excluding hydrogens is 513 g/mol. The average molecular weight is 542 g/mol. The second-order valence-corrected chi connectivity index (χ2v) is 10.5. The van der Waals surface area contributed by atoms with Crippen molar-refractivity contribution in [2.75, 3.05) is 37.6 Å². The van der Waals surface area contributed by atoms with Gasteiger partial charge in [0.15, 0.2) is 5.69 Å². The number of aryl methyl sites for hydroxylation is 1. The van der Waals surface area contributed by atoms with Gasteiger partial charge in [0.1, 0.15) is 5.76 Å². The molecule has 0 unspecified atom stereocenters. The summed E-state index contributed by atoms with van der Waals surface area (Å²) >= 11 is 12.7. The van der Waals surface area contributed by atoms with E-state index in [0.717, 1.165) is 50.2 Å². The van der Waals surface area contributed by atoms with E-state index in [1.807, 2.05) is 18.2 Å². The van der Waals surface area contributed by atoms with Crippen molar-refractivity contribution in [2.45, 2.75) is 19.3 Å². The molecule has 2 aliphatic rings. The molecule has 0 bridgehead atoms. The third-order valence-corrected chi connectivity index (χ3v) is 7.87. The lowest BCUT2D eigenvalue weighted by molar-refractivity contribution is 0.0691. The molecule has 1 aliphatic heterocycles. The molecule has 8 nitrogen and oxygen atoms in total. The SMILES string of the molecule is Cn1nc(C(=O)O)c2ccc(N3CCN(CC/C(C(=N)c4c(Cl)cccc4Cl)=C(/O)C4CC4)CC3)cc21. The van der Waals surface area contributed by atoms with Gasteiger partial charge in [0.05, 0.1) is 21.3 Å². The highest BCUT2D eigenvalue weighted by Gasteiger charge is 2.31.